The Labute approximate surface area is 103 Å². The Bertz CT molecular complexity index is 649. The van der Waals surface area contributed by atoms with Crippen molar-refractivity contribution in [3.63, 3.8) is 0 Å². The second-order valence-electron chi connectivity index (χ2n) is 3.90. The van der Waals surface area contributed by atoms with E-state index < -0.39 is 11.6 Å². The highest BCUT2D eigenvalue weighted by atomic mass is 19.1. The van der Waals surface area contributed by atoms with Gasteiger partial charge in [-0.1, -0.05) is 12.1 Å². The molecular formula is C13H11FN2O2. The molecule has 18 heavy (non-hydrogen) atoms. The van der Waals surface area contributed by atoms with Crippen LogP contribution in [0.15, 0.2) is 41.5 Å². The molecule has 0 amide bonds. The predicted octanol–water partition coefficient (Wildman–Crippen LogP) is 1.57. The number of rotatable bonds is 3. The fourth-order valence-electron chi connectivity index (χ4n) is 1.56. The van der Waals surface area contributed by atoms with E-state index in [9.17, 15) is 14.0 Å². The largest absolute Gasteiger partial charge is 0.292 e. The third kappa shape index (κ3) is 2.51. The van der Waals surface area contributed by atoms with Gasteiger partial charge in [-0.25, -0.2) is 9.37 Å². The number of Topliss-reactive ketones (excluding diaryl/α,β-unsaturated/α-hetero) is 1. The van der Waals surface area contributed by atoms with E-state index in [-0.39, 0.29) is 17.7 Å². The van der Waals surface area contributed by atoms with E-state index in [0.717, 1.165) is 4.57 Å². The molecule has 0 radical (unpaired) electrons. The van der Waals surface area contributed by atoms with Crippen LogP contribution >= 0.6 is 0 Å². The van der Waals surface area contributed by atoms with Crippen molar-refractivity contribution in [1.82, 2.24) is 9.55 Å². The molecule has 1 heterocycles. The zero-order chi connectivity index (χ0) is 13.1. The number of nitrogens with zero attached hydrogens (tertiary/aromatic N) is 2. The van der Waals surface area contributed by atoms with Crippen LogP contribution in [-0.4, -0.2) is 15.3 Å². The van der Waals surface area contributed by atoms with Crippen LogP contribution in [0.5, 0.6) is 0 Å². The van der Waals surface area contributed by atoms with Gasteiger partial charge in [0.15, 0.2) is 5.78 Å². The molecule has 0 aliphatic rings. The number of aromatic nitrogens is 2. The van der Waals surface area contributed by atoms with E-state index in [1.165, 1.54) is 30.6 Å². The van der Waals surface area contributed by atoms with Crippen molar-refractivity contribution in [3.8, 4) is 0 Å². The zero-order valence-corrected chi connectivity index (χ0v) is 9.76. The van der Waals surface area contributed by atoms with Crippen LogP contribution < -0.4 is 5.56 Å². The molecule has 2 aromatic rings. The van der Waals surface area contributed by atoms with E-state index in [1.807, 2.05) is 0 Å². The number of aryl methyl sites for hydroxylation is 1. The van der Waals surface area contributed by atoms with E-state index in [1.54, 1.807) is 13.0 Å². The number of hydrogen-bond donors (Lipinski definition) is 0. The molecule has 0 saturated carbocycles. The van der Waals surface area contributed by atoms with Crippen LogP contribution in [0.1, 0.15) is 16.1 Å². The molecule has 0 aliphatic carbocycles. The normalized spacial score (nSPS) is 10.3. The van der Waals surface area contributed by atoms with Crippen LogP contribution in [-0.2, 0) is 6.54 Å². The van der Waals surface area contributed by atoms with Gasteiger partial charge in [0, 0.05) is 11.8 Å². The lowest BCUT2D eigenvalue weighted by Gasteiger charge is -2.05. The zero-order valence-electron chi connectivity index (χ0n) is 9.76. The second-order valence-corrected chi connectivity index (χ2v) is 3.90. The molecule has 4 nitrogen and oxygen atoms in total. The smallest absolute Gasteiger partial charge is 0.253 e. The van der Waals surface area contributed by atoms with E-state index in [0.29, 0.717) is 5.69 Å². The summed E-state index contributed by atoms with van der Waals surface area (Å²) < 4.78 is 14.5. The average molecular weight is 246 g/mol. The first-order chi connectivity index (χ1) is 8.58. The summed E-state index contributed by atoms with van der Waals surface area (Å²) >= 11 is 0. The topological polar surface area (TPSA) is 52.0 Å². The third-order valence-corrected chi connectivity index (χ3v) is 2.50. The number of hydrogen-bond acceptors (Lipinski definition) is 3. The molecular weight excluding hydrogens is 235 g/mol. The van der Waals surface area contributed by atoms with Crippen LogP contribution in [0.2, 0.25) is 0 Å². The SMILES string of the molecule is Cc1cc(=O)n(CC(=O)c2ccccc2F)cn1. The molecule has 1 aromatic heterocycles. The molecule has 1 aromatic carbocycles. The van der Waals surface area contributed by atoms with Gasteiger partial charge in [0.25, 0.3) is 5.56 Å². The van der Waals surface area contributed by atoms with Gasteiger partial charge in [0.1, 0.15) is 5.82 Å². The standard InChI is InChI=1S/C13H11FN2O2/c1-9-6-13(18)16(8-15-9)7-12(17)10-4-2-3-5-11(10)14/h2-6,8H,7H2,1H3. The van der Waals surface area contributed by atoms with Crippen molar-refractivity contribution in [2.45, 2.75) is 13.5 Å². The lowest BCUT2D eigenvalue weighted by Crippen LogP contribution is -2.24. The molecule has 0 spiro atoms. The van der Waals surface area contributed by atoms with Crippen LogP contribution in [0.25, 0.3) is 0 Å². The summed E-state index contributed by atoms with van der Waals surface area (Å²) in [6, 6.07) is 7.01. The van der Waals surface area contributed by atoms with Crippen LogP contribution in [0.4, 0.5) is 4.39 Å². The molecule has 0 atom stereocenters. The summed E-state index contributed by atoms with van der Waals surface area (Å²) in [7, 11) is 0. The summed E-state index contributed by atoms with van der Waals surface area (Å²) in [4.78, 5) is 27.3. The van der Waals surface area contributed by atoms with Crippen molar-refractivity contribution in [3.05, 3.63) is 64.1 Å². The van der Waals surface area contributed by atoms with Crippen LogP contribution in [0.3, 0.4) is 0 Å². The van der Waals surface area contributed by atoms with Crippen molar-refractivity contribution in [2.24, 2.45) is 0 Å². The maximum Gasteiger partial charge on any atom is 0.253 e. The molecule has 0 aliphatic heterocycles. The van der Waals surface area contributed by atoms with E-state index in [2.05, 4.69) is 4.98 Å². The number of carbonyl (C=O) groups is 1. The molecule has 0 N–H and O–H groups in total. The Hall–Kier alpha value is -2.30. The number of ketones is 1. The Kier molecular flexibility index (Phi) is 3.32. The Morgan fingerprint density at radius 3 is 2.78 bits per heavy atom. The van der Waals surface area contributed by atoms with Gasteiger partial charge in [-0.05, 0) is 19.1 Å². The first-order valence-electron chi connectivity index (χ1n) is 5.39. The summed E-state index contributed by atoms with van der Waals surface area (Å²) in [6.07, 6.45) is 1.29. The van der Waals surface area contributed by atoms with E-state index >= 15 is 0 Å². The first kappa shape index (κ1) is 12.2. The quantitative estimate of drug-likeness (QED) is 0.772. The fourth-order valence-corrected chi connectivity index (χ4v) is 1.56. The monoisotopic (exact) mass is 246 g/mol. The minimum absolute atomic E-state index is 0.0232. The summed E-state index contributed by atoms with van der Waals surface area (Å²) in [5.74, 6) is -1.04. The maximum atomic E-state index is 13.4. The van der Waals surface area contributed by atoms with Crippen molar-refractivity contribution in [1.29, 1.82) is 0 Å². The molecule has 5 heteroatoms. The maximum absolute atomic E-state index is 13.4. The van der Waals surface area contributed by atoms with Crippen molar-refractivity contribution in [2.75, 3.05) is 0 Å². The molecule has 92 valence electrons. The summed E-state index contributed by atoms with van der Waals surface area (Å²) in [5.41, 5.74) is 0.228. The molecule has 0 fully saturated rings. The second kappa shape index (κ2) is 4.91. The van der Waals surface area contributed by atoms with Gasteiger partial charge in [-0.15, -0.1) is 0 Å². The molecule has 0 saturated heterocycles. The van der Waals surface area contributed by atoms with Gasteiger partial charge in [0.2, 0.25) is 0 Å². The average Bonchev–Trinajstić information content (AvgIpc) is 2.33. The highest BCUT2D eigenvalue weighted by molar-refractivity contribution is 5.96. The molecule has 0 bridgehead atoms. The first-order valence-corrected chi connectivity index (χ1v) is 5.39. The Morgan fingerprint density at radius 1 is 1.39 bits per heavy atom. The minimum Gasteiger partial charge on any atom is -0.292 e. The van der Waals surface area contributed by atoms with Gasteiger partial charge in [-0.2, -0.15) is 0 Å². The summed E-state index contributed by atoms with van der Waals surface area (Å²) in [5, 5.41) is 0. The van der Waals surface area contributed by atoms with E-state index in [4.69, 9.17) is 0 Å². The third-order valence-electron chi connectivity index (χ3n) is 2.50. The van der Waals surface area contributed by atoms with Gasteiger partial charge < -0.3 is 0 Å². The number of benzene rings is 1. The highest BCUT2D eigenvalue weighted by Gasteiger charge is 2.12. The van der Waals surface area contributed by atoms with Crippen molar-refractivity contribution >= 4 is 5.78 Å². The Morgan fingerprint density at radius 2 is 2.11 bits per heavy atom. The fraction of sp³-hybridized carbons (Fsp3) is 0.154. The van der Waals surface area contributed by atoms with Gasteiger partial charge >= 0.3 is 0 Å². The number of carbonyl (C=O) groups excluding carboxylic acids is 1. The predicted molar refractivity (Wildman–Crippen MR) is 64.0 cm³/mol. The highest BCUT2D eigenvalue weighted by Crippen LogP contribution is 2.07. The Balaban J connectivity index is 2.27. The molecule has 0 unspecified atom stereocenters. The minimum atomic E-state index is -0.587. The van der Waals surface area contributed by atoms with Crippen molar-refractivity contribution < 1.29 is 9.18 Å². The van der Waals surface area contributed by atoms with Gasteiger partial charge in [0.05, 0.1) is 18.4 Å². The molecule has 2 rings (SSSR count). The van der Waals surface area contributed by atoms with Crippen LogP contribution in [0, 0.1) is 12.7 Å². The number of halogens is 1. The summed E-state index contributed by atoms with van der Waals surface area (Å²) in [6.45, 7) is 1.47. The van der Waals surface area contributed by atoms with Gasteiger partial charge in [-0.3, -0.25) is 14.2 Å². The lowest BCUT2D eigenvalue weighted by atomic mass is 10.1. The lowest BCUT2D eigenvalue weighted by molar-refractivity contribution is 0.0966.